The van der Waals surface area contributed by atoms with Crippen LogP contribution >= 0.6 is 0 Å². The first-order valence-corrected chi connectivity index (χ1v) is 9.90. The summed E-state index contributed by atoms with van der Waals surface area (Å²) in [5.74, 6) is 1.86. The van der Waals surface area contributed by atoms with E-state index in [1.807, 2.05) is 0 Å². The maximum absolute atomic E-state index is 12.1. The van der Waals surface area contributed by atoms with E-state index in [0.717, 1.165) is 38.5 Å². The Morgan fingerprint density at radius 3 is 2.72 bits per heavy atom. The Morgan fingerprint density at radius 1 is 1.16 bits per heavy atom. The van der Waals surface area contributed by atoms with E-state index in [2.05, 4.69) is 19.9 Å². The van der Waals surface area contributed by atoms with Gasteiger partial charge in [-0.1, -0.05) is 19.9 Å². The summed E-state index contributed by atoms with van der Waals surface area (Å²) in [5.41, 5.74) is -0.122. The van der Waals surface area contributed by atoms with Gasteiger partial charge in [0.1, 0.15) is 11.7 Å². The number of epoxide rings is 1. The Labute approximate surface area is 149 Å². The van der Waals surface area contributed by atoms with Gasteiger partial charge in [-0.25, -0.2) is 0 Å². The van der Waals surface area contributed by atoms with E-state index < -0.39 is 0 Å². The number of carbonyl (C=O) groups excluding carboxylic acids is 2. The normalized spacial score (nSPS) is 55.6. The first-order chi connectivity index (χ1) is 11.8. The van der Waals surface area contributed by atoms with Gasteiger partial charge in [-0.15, -0.1) is 0 Å². The average Bonchev–Trinajstić information content (AvgIpc) is 3.22. The first-order valence-electron chi connectivity index (χ1n) is 9.90. The fourth-order valence-electron chi connectivity index (χ4n) is 7.42. The van der Waals surface area contributed by atoms with Crippen LogP contribution in [0.5, 0.6) is 0 Å². The zero-order valence-electron chi connectivity index (χ0n) is 15.4. The van der Waals surface area contributed by atoms with Crippen molar-refractivity contribution < 1.29 is 19.1 Å². The quantitative estimate of drug-likeness (QED) is 0.540. The zero-order valence-corrected chi connectivity index (χ0v) is 15.4. The van der Waals surface area contributed by atoms with E-state index in [4.69, 9.17) is 9.47 Å². The lowest BCUT2D eigenvalue weighted by Gasteiger charge is -2.57. The van der Waals surface area contributed by atoms with Crippen LogP contribution in [0.25, 0.3) is 0 Å². The molecule has 4 aliphatic carbocycles. The van der Waals surface area contributed by atoms with E-state index in [9.17, 15) is 9.59 Å². The average molecular weight is 344 g/mol. The standard InChI is InChI=1S/C21H28O4/c1-12(22)24-17-5-4-14-13-6-11-21-18(25-21)16(23)8-10-20(21,3)15(13)7-9-19(14,17)2/h8,10,13-15,17-18H,4-7,9,11H2,1-3H3/t13-,14+,15-,17-,18+,19+,20-,21+/m1/s1. The van der Waals surface area contributed by atoms with Crippen molar-refractivity contribution in [1.29, 1.82) is 0 Å². The van der Waals surface area contributed by atoms with E-state index in [1.165, 1.54) is 6.92 Å². The van der Waals surface area contributed by atoms with Gasteiger partial charge >= 0.3 is 5.97 Å². The third-order valence-corrected chi connectivity index (χ3v) is 8.74. The maximum Gasteiger partial charge on any atom is 0.302 e. The molecule has 1 aliphatic heterocycles. The number of fused-ring (bicyclic) bond motifs is 4. The topological polar surface area (TPSA) is 55.9 Å². The lowest BCUT2D eigenvalue weighted by molar-refractivity contribution is -0.158. The number of esters is 1. The molecule has 5 aliphatic rings. The Balaban J connectivity index is 1.47. The van der Waals surface area contributed by atoms with Gasteiger partial charge in [0.2, 0.25) is 0 Å². The van der Waals surface area contributed by atoms with Crippen molar-refractivity contribution in [2.45, 2.75) is 77.1 Å². The highest BCUT2D eigenvalue weighted by Crippen LogP contribution is 2.71. The van der Waals surface area contributed by atoms with Crippen molar-refractivity contribution in [3.05, 3.63) is 12.2 Å². The SMILES string of the molecule is CC(=O)O[C@@H]1CC[C@H]2[C@H]3CC[C@]45O[C@H]4C(=O)C=C[C@]5(C)[C@@H]3CC[C@]12C. The summed E-state index contributed by atoms with van der Waals surface area (Å²) in [6.07, 6.45) is 10.4. The Bertz CT molecular complexity index is 683. The molecule has 1 spiro atoms. The van der Waals surface area contributed by atoms with Crippen LogP contribution in [0.3, 0.4) is 0 Å². The van der Waals surface area contributed by atoms with Crippen LogP contribution in [0.2, 0.25) is 0 Å². The maximum atomic E-state index is 12.1. The summed E-state index contributed by atoms with van der Waals surface area (Å²) in [5, 5.41) is 0. The molecule has 4 fully saturated rings. The summed E-state index contributed by atoms with van der Waals surface area (Å²) in [6.45, 7) is 6.20. The summed E-state index contributed by atoms with van der Waals surface area (Å²) in [7, 11) is 0. The molecule has 4 heteroatoms. The van der Waals surface area contributed by atoms with Gasteiger partial charge < -0.3 is 9.47 Å². The molecule has 5 rings (SSSR count). The van der Waals surface area contributed by atoms with Crippen LogP contribution in [0.15, 0.2) is 12.2 Å². The summed E-state index contributed by atoms with van der Waals surface area (Å²) < 4.78 is 11.8. The van der Waals surface area contributed by atoms with Crippen molar-refractivity contribution >= 4 is 11.8 Å². The van der Waals surface area contributed by atoms with Crippen molar-refractivity contribution in [2.24, 2.45) is 28.6 Å². The molecule has 136 valence electrons. The van der Waals surface area contributed by atoms with Gasteiger partial charge in [-0.05, 0) is 62.4 Å². The molecule has 0 aromatic heterocycles. The predicted octanol–water partition coefficient (Wildman–Crippen LogP) is 3.44. The molecule has 0 aromatic rings. The highest BCUT2D eigenvalue weighted by molar-refractivity contribution is 5.98. The number of carbonyl (C=O) groups is 2. The third-order valence-electron chi connectivity index (χ3n) is 8.74. The number of rotatable bonds is 1. The van der Waals surface area contributed by atoms with E-state index >= 15 is 0 Å². The molecule has 0 N–H and O–H groups in total. The molecule has 0 unspecified atom stereocenters. The zero-order chi connectivity index (χ0) is 17.6. The fraction of sp³-hybridized carbons (Fsp3) is 0.810. The lowest BCUT2D eigenvalue weighted by atomic mass is 9.46. The van der Waals surface area contributed by atoms with Crippen LogP contribution in [-0.4, -0.2) is 29.6 Å². The van der Waals surface area contributed by atoms with E-state index in [1.54, 1.807) is 6.08 Å². The van der Waals surface area contributed by atoms with Crippen molar-refractivity contribution in [1.82, 2.24) is 0 Å². The molecule has 0 amide bonds. The van der Waals surface area contributed by atoms with Crippen molar-refractivity contribution in [3.8, 4) is 0 Å². The van der Waals surface area contributed by atoms with E-state index in [0.29, 0.717) is 17.8 Å². The van der Waals surface area contributed by atoms with Crippen LogP contribution in [0.1, 0.15) is 59.3 Å². The Morgan fingerprint density at radius 2 is 1.96 bits per heavy atom. The summed E-state index contributed by atoms with van der Waals surface area (Å²) >= 11 is 0. The number of ether oxygens (including phenoxy) is 2. The van der Waals surface area contributed by atoms with Crippen LogP contribution < -0.4 is 0 Å². The highest BCUT2D eigenvalue weighted by Gasteiger charge is 2.75. The van der Waals surface area contributed by atoms with Crippen molar-refractivity contribution in [2.75, 3.05) is 0 Å². The number of hydrogen-bond donors (Lipinski definition) is 0. The second-order valence-corrected chi connectivity index (χ2v) is 9.54. The fourth-order valence-corrected chi connectivity index (χ4v) is 7.42. The second-order valence-electron chi connectivity index (χ2n) is 9.54. The largest absolute Gasteiger partial charge is 0.462 e. The van der Waals surface area contributed by atoms with Crippen LogP contribution in [0.4, 0.5) is 0 Å². The van der Waals surface area contributed by atoms with Crippen molar-refractivity contribution in [3.63, 3.8) is 0 Å². The molecule has 0 bridgehead atoms. The molecule has 3 saturated carbocycles. The number of ketones is 1. The molecule has 8 atom stereocenters. The van der Waals surface area contributed by atoms with Gasteiger partial charge in [0, 0.05) is 17.8 Å². The molecule has 4 nitrogen and oxygen atoms in total. The number of hydrogen-bond acceptors (Lipinski definition) is 4. The summed E-state index contributed by atoms with van der Waals surface area (Å²) in [4.78, 5) is 23.6. The van der Waals surface area contributed by atoms with Gasteiger partial charge in [-0.2, -0.15) is 0 Å². The predicted molar refractivity (Wildman–Crippen MR) is 91.7 cm³/mol. The molecular formula is C21H28O4. The Kier molecular flexibility index (Phi) is 3.06. The highest BCUT2D eigenvalue weighted by atomic mass is 16.6. The molecular weight excluding hydrogens is 316 g/mol. The minimum absolute atomic E-state index is 0.0185. The van der Waals surface area contributed by atoms with Crippen LogP contribution in [0, 0.1) is 28.6 Å². The monoisotopic (exact) mass is 344 g/mol. The molecule has 0 radical (unpaired) electrons. The minimum Gasteiger partial charge on any atom is -0.462 e. The van der Waals surface area contributed by atoms with Gasteiger partial charge in [0.05, 0.1) is 0 Å². The summed E-state index contributed by atoms with van der Waals surface area (Å²) in [6, 6.07) is 0. The van der Waals surface area contributed by atoms with E-state index in [-0.39, 0.29) is 40.4 Å². The third kappa shape index (κ3) is 1.82. The Hall–Kier alpha value is -1.16. The molecule has 1 saturated heterocycles. The molecule has 1 heterocycles. The molecule has 25 heavy (non-hydrogen) atoms. The lowest BCUT2D eigenvalue weighted by Crippen LogP contribution is -2.57. The van der Waals surface area contributed by atoms with Gasteiger partial charge in [-0.3, -0.25) is 9.59 Å². The molecule has 0 aromatic carbocycles. The minimum atomic E-state index is -0.221. The van der Waals surface area contributed by atoms with Gasteiger partial charge in [0.25, 0.3) is 0 Å². The van der Waals surface area contributed by atoms with Crippen LogP contribution in [-0.2, 0) is 19.1 Å². The first kappa shape index (κ1) is 16.0. The second kappa shape index (κ2) is 4.76. The smallest absolute Gasteiger partial charge is 0.302 e. The van der Waals surface area contributed by atoms with Gasteiger partial charge in [0.15, 0.2) is 11.9 Å².